The zero-order valence-corrected chi connectivity index (χ0v) is 28.1. The number of hydrogen-bond acceptors (Lipinski definition) is 11. The Morgan fingerprint density at radius 3 is 2.20 bits per heavy atom. The highest BCUT2D eigenvalue weighted by atomic mass is 32.1. The third kappa shape index (κ3) is 10.4. The maximum atomic E-state index is 13.4. The number of hydrogen-bond donors (Lipinski definition) is 4. The normalized spacial score (nSPS) is 24.8. The maximum Gasteiger partial charge on any atom is 0.331 e. The number of aromatic nitrogens is 3. The second-order valence-electron chi connectivity index (χ2n) is 12.2. The molecule has 0 aromatic carbocycles. The Balaban J connectivity index is 1.06. The van der Waals surface area contributed by atoms with E-state index >= 15 is 0 Å². The van der Waals surface area contributed by atoms with E-state index in [1.165, 1.54) is 70.5 Å². The quantitative estimate of drug-likeness (QED) is 0.0717. The van der Waals surface area contributed by atoms with Crippen LogP contribution in [0.5, 0.6) is 0 Å². The van der Waals surface area contributed by atoms with E-state index in [9.17, 15) is 9.67 Å². The Labute approximate surface area is 272 Å². The lowest BCUT2D eigenvalue weighted by Crippen LogP contribution is -2.39. The smallest absolute Gasteiger partial charge is 0.331 e. The fraction of sp³-hybridized carbons (Fsp3) is 0.774. The highest BCUT2D eigenvalue weighted by Crippen LogP contribution is 2.56. The fourth-order valence-electron chi connectivity index (χ4n) is 6.12. The number of nitrogens with two attached hydrogens (primary N) is 2. The van der Waals surface area contributed by atoms with Crippen molar-refractivity contribution in [2.75, 3.05) is 38.3 Å². The molecule has 0 radical (unpaired) electrons. The lowest BCUT2D eigenvalue weighted by atomic mass is 10.0. The summed E-state index contributed by atoms with van der Waals surface area (Å²) >= 11 is 5.18. The number of thiocarbonyl (C=S) groups is 1. The summed E-state index contributed by atoms with van der Waals surface area (Å²) in [4.78, 5) is 8.47. The van der Waals surface area contributed by atoms with Gasteiger partial charge in [0.05, 0.1) is 18.2 Å². The van der Waals surface area contributed by atoms with Gasteiger partial charge in [-0.1, -0.05) is 89.3 Å². The summed E-state index contributed by atoms with van der Waals surface area (Å²) < 4.78 is 38.2. The maximum absolute atomic E-state index is 13.4. The summed E-state index contributed by atoms with van der Waals surface area (Å²) in [6.45, 7) is 1.77. The molecular weight excluding hydrogens is 617 g/mol. The monoisotopic (exact) mass is 669 g/mol. The Hall–Kier alpha value is -1.70. The topological polar surface area (TPSA) is 177 Å². The summed E-state index contributed by atoms with van der Waals surface area (Å²) in [5.41, 5.74) is 12.9. The number of nitrogen functional groups attached to an aromatic ring is 1. The zero-order chi connectivity index (χ0) is 32.1. The predicted octanol–water partition coefficient (Wildman–Crippen LogP) is 5.37. The van der Waals surface area contributed by atoms with Crippen molar-refractivity contribution in [2.24, 2.45) is 5.73 Å². The molecule has 5 atom stereocenters. The van der Waals surface area contributed by atoms with Gasteiger partial charge in [-0.3, -0.25) is 9.09 Å². The van der Waals surface area contributed by atoms with E-state index in [4.69, 9.17) is 47.3 Å². The summed E-state index contributed by atoms with van der Waals surface area (Å²) in [6, 6.07) is 0. The second kappa shape index (κ2) is 18.6. The van der Waals surface area contributed by atoms with Crippen molar-refractivity contribution in [3.63, 3.8) is 0 Å². The molecule has 0 saturated carbocycles. The number of aliphatic hydroxyl groups is 2. The average Bonchev–Trinajstić information content (AvgIpc) is 3.56. The molecule has 0 spiro atoms. The summed E-state index contributed by atoms with van der Waals surface area (Å²) in [7, 11) is -3.35. The van der Waals surface area contributed by atoms with E-state index in [0.29, 0.717) is 29.4 Å². The van der Waals surface area contributed by atoms with Crippen LogP contribution in [0.3, 0.4) is 0 Å². The van der Waals surface area contributed by atoms with Gasteiger partial charge in [-0.15, -0.1) is 0 Å². The fourth-order valence-corrected chi connectivity index (χ4v) is 8.19. The lowest BCUT2D eigenvalue weighted by molar-refractivity contribution is -0.0582. The minimum Gasteiger partial charge on any atom is -0.396 e. The van der Waals surface area contributed by atoms with Crippen LogP contribution in [0.1, 0.15) is 108 Å². The first kappa shape index (κ1) is 36.1. The number of fused-ring (bicyclic) bond motifs is 2. The van der Waals surface area contributed by atoms with Crippen LogP contribution in [0.25, 0.3) is 11.0 Å². The zero-order valence-electron chi connectivity index (χ0n) is 26.4. The second-order valence-corrected chi connectivity index (χ2v) is 14.7. The number of aliphatic hydroxyl groups excluding tert-OH is 2. The Bertz CT molecular complexity index is 1250. The van der Waals surface area contributed by atoms with Gasteiger partial charge in [0.1, 0.15) is 41.1 Å². The van der Waals surface area contributed by atoms with Gasteiger partial charge in [-0.2, -0.15) is 0 Å². The molecule has 2 aliphatic rings. The van der Waals surface area contributed by atoms with Crippen molar-refractivity contribution >= 4 is 41.7 Å². The van der Waals surface area contributed by atoms with Gasteiger partial charge in [0.2, 0.25) is 0 Å². The number of nitrogens with zero attached hydrogens (tertiary/aromatic N) is 3. The molecule has 14 heteroatoms. The van der Waals surface area contributed by atoms with Crippen LogP contribution >= 0.6 is 19.8 Å². The first-order valence-electron chi connectivity index (χ1n) is 16.7. The molecule has 1 unspecified atom stereocenters. The summed E-state index contributed by atoms with van der Waals surface area (Å²) in [5, 5.41) is 20.4. The molecule has 2 aromatic heterocycles. The van der Waals surface area contributed by atoms with Crippen LogP contribution in [-0.4, -0.2) is 80.6 Å². The van der Waals surface area contributed by atoms with Crippen LogP contribution in [0.15, 0.2) is 12.5 Å². The van der Waals surface area contributed by atoms with Gasteiger partial charge < -0.3 is 40.2 Å². The molecular formula is C31H52N5O7PS. The molecule has 2 fully saturated rings. The highest BCUT2D eigenvalue weighted by Gasteiger charge is 2.52. The third-order valence-corrected chi connectivity index (χ3v) is 10.8. The molecule has 0 bridgehead atoms. The largest absolute Gasteiger partial charge is 0.396 e. The first-order valence-corrected chi connectivity index (χ1v) is 18.8. The Kier molecular flexibility index (Phi) is 14.9. The highest BCUT2D eigenvalue weighted by molar-refractivity contribution is 7.80. The van der Waals surface area contributed by atoms with E-state index in [1.54, 1.807) is 10.8 Å². The predicted molar refractivity (Wildman–Crippen MR) is 178 cm³/mol. The number of rotatable bonds is 22. The number of unbranched alkanes of at least 4 members (excludes halogenated alkanes) is 13. The molecule has 6 N–H and O–H groups in total. The van der Waals surface area contributed by atoms with Gasteiger partial charge in [-0.25, -0.2) is 9.97 Å². The third-order valence-electron chi connectivity index (χ3n) is 8.62. The molecule has 4 heterocycles. The molecule has 2 aromatic rings. The standard InChI is InChI=1S/C31H52N5O7PS/c32-28-25-23(29(33)45)20-36(30(25)35-22-34-28)31-26(38)27-24(42-31)21-41-44(39,43-27)19-14-12-10-8-6-4-2-1-3-5-7-9-11-13-17-40-18-15-16-37/h20,22,24,26-27,31,37-38H,1-19,21H2,(H2,33,45)(H2,32,34,35)/t24-,26-,27-,31-,44?/m1/s1. The van der Waals surface area contributed by atoms with Crippen molar-refractivity contribution in [3.05, 3.63) is 18.1 Å². The van der Waals surface area contributed by atoms with Crippen molar-refractivity contribution < 1.29 is 33.3 Å². The minimum atomic E-state index is -3.35. The van der Waals surface area contributed by atoms with Gasteiger partial charge >= 0.3 is 7.60 Å². The summed E-state index contributed by atoms with van der Waals surface area (Å²) in [6.07, 6.45) is 17.4. The first-order chi connectivity index (χ1) is 21.8. The lowest BCUT2D eigenvalue weighted by Gasteiger charge is -2.31. The molecule has 2 aliphatic heterocycles. The Morgan fingerprint density at radius 1 is 0.978 bits per heavy atom. The van der Waals surface area contributed by atoms with Crippen molar-refractivity contribution in [1.29, 1.82) is 0 Å². The van der Waals surface area contributed by atoms with Crippen LogP contribution in [-0.2, 0) is 23.1 Å². The van der Waals surface area contributed by atoms with Gasteiger partial charge in [0.15, 0.2) is 6.23 Å². The number of ether oxygens (including phenoxy) is 2. The van der Waals surface area contributed by atoms with E-state index in [0.717, 1.165) is 38.7 Å². The Morgan fingerprint density at radius 2 is 1.58 bits per heavy atom. The molecule has 254 valence electrons. The van der Waals surface area contributed by atoms with Crippen molar-refractivity contribution in [1.82, 2.24) is 14.5 Å². The molecule has 0 aliphatic carbocycles. The van der Waals surface area contributed by atoms with E-state index in [1.807, 2.05) is 0 Å². The molecule has 2 saturated heterocycles. The van der Waals surface area contributed by atoms with E-state index < -0.39 is 32.1 Å². The molecule has 0 amide bonds. The van der Waals surface area contributed by atoms with Crippen molar-refractivity contribution in [2.45, 2.75) is 121 Å². The SMILES string of the molecule is NC(=S)c1cn([C@@H]2O[C@@H]3COP(=O)(CCCCCCCCCCCCCCCCOCCCO)O[C@H]3[C@H]2O)c2ncnc(N)c12. The van der Waals surface area contributed by atoms with Crippen LogP contribution in [0.4, 0.5) is 5.82 Å². The van der Waals surface area contributed by atoms with Crippen LogP contribution in [0.2, 0.25) is 0 Å². The van der Waals surface area contributed by atoms with Crippen LogP contribution in [0, 0.1) is 0 Å². The molecule has 4 rings (SSSR count). The summed E-state index contributed by atoms with van der Waals surface area (Å²) in [5.74, 6) is 0.224. The van der Waals surface area contributed by atoms with Crippen molar-refractivity contribution in [3.8, 4) is 0 Å². The van der Waals surface area contributed by atoms with Gasteiger partial charge in [0, 0.05) is 31.6 Å². The molecule has 45 heavy (non-hydrogen) atoms. The van der Waals surface area contributed by atoms with E-state index in [2.05, 4.69) is 9.97 Å². The number of anilines is 1. The average molecular weight is 670 g/mol. The van der Waals surface area contributed by atoms with E-state index in [-0.39, 0.29) is 24.0 Å². The van der Waals surface area contributed by atoms with Gasteiger partial charge in [0.25, 0.3) is 0 Å². The molecule has 12 nitrogen and oxygen atoms in total. The minimum absolute atomic E-state index is 0.0784. The van der Waals surface area contributed by atoms with Gasteiger partial charge in [-0.05, 0) is 19.3 Å². The van der Waals surface area contributed by atoms with Crippen LogP contribution < -0.4 is 11.5 Å².